The molecule has 0 fully saturated rings. The minimum Gasteiger partial charge on any atom is -0.382 e. The smallest absolute Gasteiger partial charge is 0.331 e. The maximum atomic E-state index is 12.3. The quantitative estimate of drug-likeness (QED) is 0.218. The van der Waals surface area contributed by atoms with E-state index in [0.29, 0.717) is 45.7 Å². The van der Waals surface area contributed by atoms with Crippen LogP contribution in [0.3, 0.4) is 0 Å². The van der Waals surface area contributed by atoms with E-state index in [-0.39, 0.29) is 0 Å². The maximum Gasteiger partial charge on any atom is 0.331 e. The summed E-state index contributed by atoms with van der Waals surface area (Å²) in [6.45, 7) is 7.96. The normalized spacial score (nSPS) is 12.7. The molecule has 2 N–H and O–H groups in total. The van der Waals surface area contributed by atoms with Crippen molar-refractivity contribution in [3.63, 3.8) is 0 Å². The van der Waals surface area contributed by atoms with Crippen LogP contribution in [0.15, 0.2) is 0 Å². The summed E-state index contributed by atoms with van der Waals surface area (Å²) in [6, 6.07) is 0. The Morgan fingerprint density at radius 3 is 1.50 bits per heavy atom. The van der Waals surface area contributed by atoms with Crippen LogP contribution in [0, 0.1) is 0 Å². The summed E-state index contributed by atoms with van der Waals surface area (Å²) in [7, 11) is -4.22. The molecular formula is C20H43O5P. The molecule has 0 radical (unpaired) electrons. The SMILES string of the molecule is CCCCCCCCCCCC(CCOCC)(CCOCC)P(=O)(O)O. The van der Waals surface area contributed by atoms with Crippen molar-refractivity contribution in [1.29, 1.82) is 0 Å². The van der Waals surface area contributed by atoms with Crippen molar-refractivity contribution in [2.75, 3.05) is 26.4 Å². The number of rotatable bonds is 19. The average molecular weight is 395 g/mol. The molecule has 0 aromatic heterocycles. The molecule has 0 unspecified atom stereocenters. The van der Waals surface area contributed by atoms with Gasteiger partial charge in [0, 0.05) is 26.4 Å². The third kappa shape index (κ3) is 11.7. The van der Waals surface area contributed by atoms with Crippen molar-refractivity contribution in [2.45, 2.75) is 103 Å². The van der Waals surface area contributed by atoms with Gasteiger partial charge in [-0.15, -0.1) is 0 Å². The summed E-state index contributed by atoms with van der Waals surface area (Å²) < 4.78 is 23.1. The van der Waals surface area contributed by atoms with Crippen LogP contribution in [0.25, 0.3) is 0 Å². The number of hydrogen-bond acceptors (Lipinski definition) is 3. The molecule has 5 nitrogen and oxygen atoms in total. The largest absolute Gasteiger partial charge is 0.382 e. The highest BCUT2D eigenvalue weighted by atomic mass is 31.2. The molecule has 0 aliphatic rings. The van der Waals surface area contributed by atoms with E-state index < -0.39 is 12.8 Å². The van der Waals surface area contributed by atoms with E-state index >= 15 is 0 Å². The summed E-state index contributed by atoms with van der Waals surface area (Å²) in [4.78, 5) is 20.1. The van der Waals surface area contributed by atoms with Crippen LogP contribution in [0.1, 0.15) is 97.8 Å². The Labute approximate surface area is 161 Å². The second-order valence-electron chi connectivity index (χ2n) is 7.24. The molecule has 0 bridgehead atoms. The molecule has 0 aliphatic carbocycles. The van der Waals surface area contributed by atoms with Gasteiger partial charge < -0.3 is 19.3 Å². The zero-order valence-corrected chi connectivity index (χ0v) is 18.3. The number of unbranched alkanes of at least 4 members (excludes halogenated alkanes) is 8. The molecule has 26 heavy (non-hydrogen) atoms. The molecule has 0 atom stereocenters. The highest BCUT2D eigenvalue weighted by Crippen LogP contribution is 2.57. The number of ether oxygens (including phenoxy) is 2. The van der Waals surface area contributed by atoms with Gasteiger partial charge in [0.1, 0.15) is 0 Å². The van der Waals surface area contributed by atoms with Gasteiger partial charge in [-0.3, -0.25) is 4.57 Å². The molecule has 0 saturated carbocycles. The first-order valence-corrected chi connectivity index (χ1v) is 12.3. The summed E-state index contributed by atoms with van der Waals surface area (Å²) in [6.07, 6.45) is 12.1. The Morgan fingerprint density at radius 2 is 1.12 bits per heavy atom. The van der Waals surface area contributed by atoms with E-state index in [1.54, 1.807) is 0 Å². The summed E-state index contributed by atoms with van der Waals surface area (Å²) in [5.74, 6) is 0. The Hall–Kier alpha value is 0.0700. The van der Waals surface area contributed by atoms with E-state index in [4.69, 9.17) is 9.47 Å². The van der Waals surface area contributed by atoms with Gasteiger partial charge in [0.05, 0.1) is 5.16 Å². The predicted octanol–water partition coefficient (Wildman–Crippen LogP) is 5.68. The lowest BCUT2D eigenvalue weighted by molar-refractivity contribution is 0.103. The second kappa shape index (κ2) is 16.1. The topological polar surface area (TPSA) is 76.0 Å². The minimum absolute atomic E-state index is 0.394. The standard InChI is InChI=1S/C20H43O5P/c1-4-7-8-9-10-11-12-13-14-15-20(26(21,22)23,16-18-24-5-2)17-19-25-6-3/h4-19H2,1-3H3,(H2,21,22,23). The lowest BCUT2D eigenvalue weighted by atomic mass is 9.93. The Bertz CT molecular complexity index is 346. The molecule has 0 rings (SSSR count). The minimum atomic E-state index is -4.22. The molecule has 0 aliphatic heterocycles. The zero-order chi connectivity index (χ0) is 19.7. The van der Waals surface area contributed by atoms with E-state index in [9.17, 15) is 14.4 Å². The van der Waals surface area contributed by atoms with Gasteiger partial charge >= 0.3 is 7.60 Å². The van der Waals surface area contributed by atoms with Crippen molar-refractivity contribution < 1.29 is 23.8 Å². The van der Waals surface area contributed by atoms with E-state index in [0.717, 1.165) is 19.3 Å². The van der Waals surface area contributed by atoms with Gasteiger partial charge in [-0.1, -0.05) is 64.7 Å². The van der Waals surface area contributed by atoms with Gasteiger partial charge in [-0.05, 0) is 33.1 Å². The molecule has 158 valence electrons. The highest BCUT2D eigenvalue weighted by molar-refractivity contribution is 7.53. The third-order valence-electron chi connectivity index (χ3n) is 5.20. The molecule has 0 heterocycles. The molecule has 0 aromatic carbocycles. The molecule has 0 spiro atoms. The Kier molecular flexibility index (Phi) is 16.1. The third-order valence-corrected chi connectivity index (χ3v) is 7.10. The molecule has 0 saturated heterocycles. The Balaban J connectivity index is 4.42. The van der Waals surface area contributed by atoms with Crippen LogP contribution in [-0.4, -0.2) is 41.4 Å². The molecular weight excluding hydrogens is 351 g/mol. The van der Waals surface area contributed by atoms with Crippen LogP contribution in [0.4, 0.5) is 0 Å². The van der Waals surface area contributed by atoms with Crippen LogP contribution < -0.4 is 0 Å². The van der Waals surface area contributed by atoms with E-state index in [2.05, 4.69) is 6.92 Å². The maximum absolute atomic E-state index is 12.3. The van der Waals surface area contributed by atoms with Crippen molar-refractivity contribution in [1.82, 2.24) is 0 Å². The van der Waals surface area contributed by atoms with Gasteiger partial charge in [0.25, 0.3) is 0 Å². The first-order chi connectivity index (χ1) is 12.4. The molecule has 0 amide bonds. The average Bonchev–Trinajstić information content (AvgIpc) is 2.59. The fraction of sp³-hybridized carbons (Fsp3) is 1.00. The lowest BCUT2D eigenvalue weighted by Gasteiger charge is -2.34. The van der Waals surface area contributed by atoms with E-state index in [1.807, 2.05) is 13.8 Å². The number of hydrogen-bond donors (Lipinski definition) is 2. The van der Waals surface area contributed by atoms with Gasteiger partial charge in [0.15, 0.2) is 0 Å². The summed E-state index contributed by atoms with van der Waals surface area (Å²) >= 11 is 0. The van der Waals surface area contributed by atoms with Crippen LogP contribution in [0.2, 0.25) is 0 Å². The fourth-order valence-corrected chi connectivity index (χ4v) is 4.60. The lowest BCUT2D eigenvalue weighted by Crippen LogP contribution is -2.32. The fourth-order valence-electron chi connectivity index (χ4n) is 3.39. The van der Waals surface area contributed by atoms with Crippen LogP contribution in [0.5, 0.6) is 0 Å². The molecule has 6 heteroatoms. The van der Waals surface area contributed by atoms with Crippen molar-refractivity contribution in [3.8, 4) is 0 Å². The predicted molar refractivity (Wildman–Crippen MR) is 109 cm³/mol. The van der Waals surface area contributed by atoms with Crippen LogP contribution in [-0.2, 0) is 14.0 Å². The van der Waals surface area contributed by atoms with Crippen LogP contribution >= 0.6 is 7.60 Å². The van der Waals surface area contributed by atoms with Crippen molar-refractivity contribution >= 4 is 7.60 Å². The van der Waals surface area contributed by atoms with Gasteiger partial charge in [-0.25, -0.2) is 0 Å². The summed E-state index contributed by atoms with van der Waals surface area (Å²) in [5.41, 5.74) is 0. The summed E-state index contributed by atoms with van der Waals surface area (Å²) in [5, 5.41) is -1.00. The Morgan fingerprint density at radius 1 is 0.692 bits per heavy atom. The zero-order valence-electron chi connectivity index (χ0n) is 17.4. The van der Waals surface area contributed by atoms with Crippen molar-refractivity contribution in [2.24, 2.45) is 0 Å². The first-order valence-electron chi connectivity index (χ1n) is 10.6. The van der Waals surface area contributed by atoms with Crippen molar-refractivity contribution in [3.05, 3.63) is 0 Å². The molecule has 0 aromatic rings. The second-order valence-corrected chi connectivity index (χ2v) is 9.28. The van der Waals surface area contributed by atoms with Gasteiger partial charge in [0.2, 0.25) is 0 Å². The van der Waals surface area contributed by atoms with Gasteiger partial charge in [-0.2, -0.15) is 0 Å². The monoisotopic (exact) mass is 394 g/mol. The highest BCUT2D eigenvalue weighted by Gasteiger charge is 2.45. The van der Waals surface area contributed by atoms with E-state index in [1.165, 1.54) is 38.5 Å². The first kappa shape index (κ1) is 26.1.